The van der Waals surface area contributed by atoms with Crippen LogP contribution in [0.2, 0.25) is 5.02 Å². The second kappa shape index (κ2) is 7.67. The number of fused-ring (bicyclic) bond motifs is 1. The number of ketones is 1. The minimum atomic E-state index is -0.0550. The Morgan fingerprint density at radius 2 is 2.19 bits per heavy atom. The number of piperidine rings is 1. The van der Waals surface area contributed by atoms with Gasteiger partial charge in [0.05, 0.1) is 30.2 Å². The molecule has 0 aromatic heterocycles. The van der Waals surface area contributed by atoms with Crippen molar-refractivity contribution in [3.63, 3.8) is 0 Å². The van der Waals surface area contributed by atoms with E-state index in [0.717, 1.165) is 19.3 Å². The van der Waals surface area contributed by atoms with Crippen molar-refractivity contribution >= 4 is 23.3 Å². The molecular weight excluding hydrogens is 352 g/mol. The largest absolute Gasteiger partial charge is 0.495 e. The molecule has 26 heavy (non-hydrogen) atoms. The van der Waals surface area contributed by atoms with E-state index in [1.54, 1.807) is 12.1 Å². The lowest BCUT2D eigenvalue weighted by Crippen LogP contribution is -2.53. The zero-order valence-corrected chi connectivity index (χ0v) is 15.9. The van der Waals surface area contributed by atoms with Gasteiger partial charge in [-0.2, -0.15) is 5.26 Å². The number of hydrogen-bond donors (Lipinski definition) is 0. The molecule has 0 bridgehead atoms. The maximum Gasteiger partial charge on any atom is 0.227 e. The van der Waals surface area contributed by atoms with Gasteiger partial charge in [0.2, 0.25) is 5.91 Å². The van der Waals surface area contributed by atoms with Gasteiger partial charge >= 0.3 is 0 Å². The van der Waals surface area contributed by atoms with Crippen LogP contribution in [0.1, 0.15) is 43.7 Å². The number of carbonyl (C=O) groups excluding carboxylic acids is 2. The molecule has 3 rings (SSSR count). The van der Waals surface area contributed by atoms with Gasteiger partial charge in [-0.25, -0.2) is 0 Å². The van der Waals surface area contributed by atoms with E-state index in [2.05, 4.69) is 6.07 Å². The Labute approximate surface area is 158 Å². The Bertz CT molecular complexity index is 771. The highest BCUT2D eigenvalue weighted by molar-refractivity contribution is 6.33. The smallest absolute Gasteiger partial charge is 0.227 e. The molecule has 0 radical (unpaired) electrons. The van der Waals surface area contributed by atoms with E-state index >= 15 is 0 Å². The van der Waals surface area contributed by atoms with Gasteiger partial charge in [0, 0.05) is 30.5 Å². The van der Waals surface area contributed by atoms with Crippen molar-refractivity contribution in [2.75, 3.05) is 13.7 Å². The van der Waals surface area contributed by atoms with Gasteiger partial charge in [-0.3, -0.25) is 9.59 Å². The van der Waals surface area contributed by atoms with Crippen LogP contribution in [0.15, 0.2) is 12.1 Å². The molecule has 0 N–H and O–H groups in total. The lowest BCUT2D eigenvalue weighted by molar-refractivity contribution is -0.142. The van der Waals surface area contributed by atoms with Crippen LogP contribution in [-0.4, -0.2) is 36.3 Å². The molecule has 1 aliphatic carbocycles. The molecule has 0 unspecified atom stereocenters. The first kappa shape index (κ1) is 18.7. The number of nitriles is 1. The average Bonchev–Trinajstić information content (AvgIpc) is 2.64. The molecule has 5 nitrogen and oxygen atoms in total. The van der Waals surface area contributed by atoms with Crippen molar-refractivity contribution < 1.29 is 14.3 Å². The van der Waals surface area contributed by atoms with E-state index < -0.39 is 0 Å². The normalized spacial score (nSPS) is 25.4. The second-order valence-corrected chi connectivity index (χ2v) is 7.52. The summed E-state index contributed by atoms with van der Waals surface area (Å²) in [6, 6.07) is 5.39. The summed E-state index contributed by atoms with van der Waals surface area (Å²) >= 11 is 6.35. The van der Waals surface area contributed by atoms with Crippen LogP contribution < -0.4 is 4.74 Å². The lowest BCUT2D eigenvalue weighted by atomic mass is 9.70. The number of nitrogens with zero attached hydrogens (tertiary/aromatic N) is 2. The number of ether oxygens (including phenoxy) is 1. The topological polar surface area (TPSA) is 70.4 Å². The zero-order chi connectivity index (χ0) is 18.8. The summed E-state index contributed by atoms with van der Waals surface area (Å²) in [6.45, 7) is 2.61. The van der Waals surface area contributed by atoms with Crippen LogP contribution in [0, 0.1) is 23.2 Å². The molecule has 2 fully saturated rings. The quantitative estimate of drug-likeness (QED) is 0.813. The maximum atomic E-state index is 13.0. The number of methoxy groups -OCH3 is 1. The molecule has 3 atom stereocenters. The number of rotatable bonds is 3. The monoisotopic (exact) mass is 374 g/mol. The summed E-state index contributed by atoms with van der Waals surface area (Å²) in [7, 11) is 1.51. The average molecular weight is 375 g/mol. The Kier molecular flexibility index (Phi) is 5.52. The van der Waals surface area contributed by atoms with E-state index in [4.69, 9.17) is 16.3 Å². The molecular formula is C20H23ClN2O3. The van der Waals surface area contributed by atoms with Crippen molar-refractivity contribution in [2.24, 2.45) is 11.8 Å². The SMILES string of the molecule is COc1ccc(C#N)c(CC(=O)N2CC[C@H]3C(=O)CCC[C@@H]3[C@@H]2C)c1Cl. The number of halogens is 1. The highest BCUT2D eigenvalue weighted by Gasteiger charge is 2.42. The van der Waals surface area contributed by atoms with E-state index in [-0.39, 0.29) is 30.2 Å². The molecule has 1 aromatic rings. The van der Waals surface area contributed by atoms with Crippen molar-refractivity contribution in [1.82, 2.24) is 4.90 Å². The molecule has 1 aromatic carbocycles. The number of benzene rings is 1. The van der Waals surface area contributed by atoms with E-state index in [1.807, 2.05) is 11.8 Å². The van der Waals surface area contributed by atoms with Crippen LogP contribution >= 0.6 is 11.6 Å². The van der Waals surface area contributed by atoms with Crippen molar-refractivity contribution in [3.05, 3.63) is 28.3 Å². The van der Waals surface area contributed by atoms with Crippen LogP contribution in [-0.2, 0) is 16.0 Å². The number of carbonyl (C=O) groups is 2. The van der Waals surface area contributed by atoms with Crippen LogP contribution in [0.5, 0.6) is 5.75 Å². The van der Waals surface area contributed by atoms with Crippen LogP contribution in [0.3, 0.4) is 0 Å². The molecule has 1 saturated heterocycles. The summed E-state index contributed by atoms with van der Waals surface area (Å²) in [5.74, 6) is 1.09. The van der Waals surface area contributed by atoms with E-state index in [1.165, 1.54) is 7.11 Å². The maximum absolute atomic E-state index is 13.0. The highest BCUT2D eigenvalue weighted by atomic mass is 35.5. The number of amides is 1. The number of Topliss-reactive ketones (excluding diaryl/α,β-unsaturated/α-hetero) is 1. The minimum Gasteiger partial charge on any atom is -0.495 e. The molecule has 1 aliphatic heterocycles. The van der Waals surface area contributed by atoms with Crippen LogP contribution in [0.25, 0.3) is 0 Å². The fourth-order valence-corrected chi connectivity index (χ4v) is 4.75. The minimum absolute atomic E-state index is 0.0282. The Morgan fingerprint density at radius 3 is 2.88 bits per heavy atom. The predicted octanol–water partition coefficient (Wildman–Crippen LogP) is 3.37. The van der Waals surface area contributed by atoms with Gasteiger partial charge < -0.3 is 9.64 Å². The molecule has 0 spiro atoms. The third-order valence-corrected chi connectivity index (χ3v) is 6.29. The fourth-order valence-electron chi connectivity index (χ4n) is 4.44. The third-order valence-electron chi connectivity index (χ3n) is 5.88. The summed E-state index contributed by atoms with van der Waals surface area (Å²) in [5.41, 5.74) is 0.895. The van der Waals surface area contributed by atoms with Gasteiger partial charge in [0.15, 0.2) is 0 Å². The fraction of sp³-hybridized carbons (Fsp3) is 0.550. The molecule has 2 aliphatic rings. The van der Waals surface area contributed by atoms with Crippen molar-refractivity contribution in [2.45, 2.75) is 45.1 Å². The van der Waals surface area contributed by atoms with Gasteiger partial charge in [-0.1, -0.05) is 11.6 Å². The van der Waals surface area contributed by atoms with Gasteiger partial charge in [0.25, 0.3) is 0 Å². The number of likely N-dealkylation sites (tertiary alicyclic amines) is 1. The molecule has 1 heterocycles. The van der Waals surface area contributed by atoms with Crippen molar-refractivity contribution in [3.8, 4) is 11.8 Å². The van der Waals surface area contributed by atoms with Gasteiger partial charge in [-0.15, -0.1) is 0 Å². The second-order valence-electron chi connectivity index (χ2n) is 7.14. The first-order valence-corrected chi connectivity index (χ1v) is 9.43. The summed E-state index contributed by atoms with van der Waals surface area (Å²) in [4.78, 5) is 27.0. The van der Waals surface area contributed by atoms with Gasteiger partial charge in [-0.05, 0) is 44.2 Å². The predicted molar refractivity (Wildman–Crippen MR) is 98.1 cm³/mol. The molecule has 6 heteroatoms. The first-order valence-electron chi connectivity index (χ1n) is 9.05. The number of hydrogen-bond acceptors (Lipinski definition) is 4. The highest BCUT2D eigenvalue weighted by Crippen LogP contribution is 2.38. The van der Waals surface area contributed by atoms with Gasteiger partial charge in [0.1, 0.15) is 11.5 Å². The lowest BCUT2D eigenvalue weighted by Gasteiger charge is -2.45. The first-order chi connectivity index (χ1) is 12.5. The Morgan fingerprint density at radius 1 is 1.42 bits per heavy atom. The Balaban J connectivity index is 1.81. The van der Waals surface area contributed by atoms with E-state index in [9.17, 15) is 14.9 Å². The molecule has 1 amide bonds. The third kappa shape index (κ3) is 3.31. The molecule has 138 valence electrons. The zero-order valence-electron chi connectivity index (χ0n) is 15.1. The molecule has 1 saturated carbocycles. The van der Waals surface area contributed by atoms with Crippen molar-refractivity contribution in [1.29, 1.82) is 5.26 Å². The summed E-state index contributed by atoms with van der Waals surface area (Å²) in [5, 5.41) is 9.67. The Hall–Kier alpha value is -2.06. The summed E-state index contributed by atoms with van der Waals surface area (Å²) < 4.78 is 5.21. The van der Waals surface area contributed by atoms with Crippen LogP contribution in [0.4, 0.5) is 0 Å². The van der Waals surface area contributed by atoms with E-state index in [0.29, 0.717) is 40.6 Å². The standard InChI is InChI=1S/C20H23ClN2O3/c1-12-14-4-3-5-17(24)15(14)8-9-23(12)19(25)10-16-13(11-22)6-7-18(26-2)20(16)21/h6-7,12,14-15H,3-5,8-10H2,1-2H3/t12-,14+,15+/m0/s1. The summed E-state index contributed by atoms with van der Waals surface area (Å²) in [6.07, 6.45) is 3.37.